The lowest BCUT2D eigenvalue weighted by Gasteiger charge is -2.33. The van der Waals surface area contributed by atoms with Gasteiger partial charge in [0.2, 0.25) is 0 Å². The summed E-state index contributed by atoms with van der Waals surface area (Å²) in [5.41, 5.74) is -0.572. The highest BCUT2D eigenvalue weighted by Crippen LogP contribution is 2.39. The van der Waals surface area contributed by atoms with E-state index in [0.29, 0.717) is 23.4 Å². The van der Waals surface area contributed by atoms with Crippen LogP contribution in [0.3, 0.4) is 0 Å². The van der Waals surface area contributed by atoms with Crippen LogP contribution in [0.1, 0.15) is 50.0 Å². The standard InChI is InChI=1S/C15H19ClO3/c16-12-7-5-6-11(10-12)13(14(17)18)15(19)8-3-1-2-4-9-15/h5-7,10,13,19H,1-4,8-9H2,(H,17,18)/t13-/m1/s1. The molecule has 0 amide bonds. The fourth-order valence-electron chi connectivity index (χ4n) is 3.00. The maximum atomic E-state index is 11.6. The largest absolute Gasteiger partial charge is 0.481 e. The van der Waals surface area contributed by atoms with Crippen LogP contribution < -0.4 is 0 Å². The second-order valence-corrected chi connectivity index (χ2v) is 5.78. The van der Waals surface area contributed by atoms with Crippen LogP contribution in [-0.2, 0) is 4.79 Å². The minimum atomic E-state index is -1.16. The van der Waals surface area contributed by atoms with Gasteiger partial charge in [-0.25, -0.2) is 0 Å². The molecule has 104 valence electrons. The quantitative estimate of drug-likeness (QED) is 0.833. The van der Waals surface area contributed by atoms with Crippen molar-refractivity contribution in [1.29, 1.82) is 0 Å². The van der Waals surface area contributed by atoms with Crippen LogP contribution in [0.4, 0.5) is 0 Å². The molecular weight excluding hydrogens is 264 g/mol. The molecule has 1 aromatic carbocycles. The summed E-state index contributed by atoms with van der Waals surface area (Å²) >= 11 is 5.94. The third kappa shape index (κ3) is 3.28. The maximum absolute atomic E-state index is 11.6. The summed E-state index contributed by atoms with van der Waals surface area (Å²) in [5.74, 6) is -1.88. The first-order valence-electron chi connectivity index (χ1n) is 6.73. The van der Waals surface area contributed by atoms with Crippen molar-refractivity contribution in [3.05, 3.63) is 34.9 Å². The lowest BCUT2D eigenvalue weighted by molar-refractivity contribution is -0.146. The van der Waals surface area contributed by atoms with Crippen LogP contribution in [-0.4, -0.2) is 21.8 Å². The summed E-state index contributed by atoms with van der Waals surface area (Å²) in [6.07, 6.45) is 4.95. The van der Waals surface area contributed by atoms with Crippen molar-refractivity contribution in [3.63, 3.8) is 0 Å². The molecule has 0 spiro atoms. The lowest BCUT2D eigenvalue weighted by atomic mass is 9.77. The van der Waals surface area contributed by atoms with Crippen LogP contribution in [0.25, 0.3) is 0 Å². The van der Waals surface area contributed by atoms with Crippen molar-refractivity contribution in [3.8, 4) is 0 Å². The van der Waals surface area contributed by atoms with Crippen molar-refractivity contribution < 1.29 is 15.0 Å². The first-order valence-corrected chi connectivity index (χ1v) is 7.11. The molecule has 0 bridgehead atoms. The number of aliphatic hydroxyl groups is 1. The van der Waals surface area contributed by atoms with E-state index in [1.165, 1.54) is 0 Å². The molecule has 2 N–H and O–H groups in total. The zero-order valence-corrected chi connectivity index (χ0v) is 11.6. The third-order valence-electron chi connectivity index (χ3n) is 3.94. The van der Waals surface area contributed by atoms with E-state index >= 15 is 0 Å². The molecule has 0 aliphatic heterocycles. The molecule has 1 fully saturated rings. The molecule has 2 rings (SSSR count). The third-order valence-corrected chi connectivity index (χ3v) is 4.17. The van der Waals surface area contributed by atoms with Crippen LogP contribution in [0.5, 0.6) is 0 Å². The van der Waals surface area contributed by atoms with Crippen LogP contribution in [0.15, 0.2) is 24.3 Å². The van der Waals surface area contributed by atoms with Gasteiger partial charge in [-0.3, -0.25) is 4.79 Å². The molecule has 4 heteroatoms. The summed E-state index contributed by atoms with van der Waals surface area (Å²) in [6.45, 7) is 0. The highest BCUT2D eigenvalue weighted by Gasteiger charge is 2.42. The minimum Gasteiger partial charge on any atom is -0.481 e. The van der Waals surface area contributed by atoms with Gasteiger partial charge in [-0.05, 0) is 30.5 Å². The topological polar surface area (TPSA) is 57.5 Å². The van der Waals surface area contributed by atoms with Gasteiger partial charge in [0, 0.05) is 5.02 Å². The summed E-state index contributed by atoms with van der Waals surface area (Å²) in [7, 11) is 0. The molecule has 1 aliphatic rings. The normalized spacial score (nSPS) is 20.5. The number of aliphatic carboxylic acids is 1. The van der Waals surface area contributed by atoms with Gasteiger partial charge in [0.25, 0.3) is 0 Å². The molecule has 1 atom stereocenters. The number of hydrogen-bond donors (Lipinski definition) is 2. The molecule has 1 aliphatic carbocycles. The number of hydrogen-bond acceptors (Lipinski definition) is 2. The van der Waals surface area contributed by atoms with E-state index < -0.39 is 17.5 Å². The Balaban J connectivity index is 2.36. The van der Waals surface area contributed by atoms with Gasteiger partial charge in [0.1, 0.15) is 5.92 Å². The van der Waals surface area contributed by atoms with Gasteiger partial charge in [0.15, 0.2) is 0 Å². The molecular formula is C15H19ClO3. The number of carboxylic acid groups (broad SMARTS) is 1. The Morgan fingerprint density at radius 1 is 1.21 bits per heavy atom. The van der Waals surface area contributed by atoms with Crippen molar-refractivity contribution in [2.75, 3.05) is 0 Å². The highest BCUT2D eigenvalue weighted by molar-refractivity contribution is 6.30. The predicted molar refractivity (Wildman–Crippen MR) is 74.5 cm³/mol. The average molecular weight is 283 g/mol. The number of carbonyl (C=O) groups is 1. The first-order chi connectivity index (χ1) is 9.03. The van der Waals surface area contributed by atoms with Gasteiger partial charge in [-0.15, -0.1) is 0 Å². The zero-order chi connectivity index (χ0) is 13.9. The van der Waals surface area contributed by atoms with Crippen LogP contribution >= 0.6 is 11.6 Å². The predicted octanol–water partition coefficient (Wildman–Crippen LogP) is 3.59. The molecule has 0 heterocycles. The summed E-state index contributed by atoms with van der Waals surface area (Å²) in [4.78, 5) is 11.6. The summed E-state index contributed by atoms with van der Waals surface area (Å²) in [6, 6.07) is 6.81. The molecule has 1 aromatic rings. The van der Waals surface area contributed by atoms with Crippen molar-refractivity contribution in [1.82, 2.24) is 0 Å². The Morgan fingerprint density at radius 2 is 1.84 bits per heavy atom. The Labute approximate surface area is 118 Å². The van der Waals surface area contributed by atoms with Crippen molar-refractivity contribution in [2.45, 2.75) is 50.0 Å². The first kappa shape index (κ1) is 14.4. The Morgan fingerprint density at radius 3 is 2.37 bits per heavy atom. The highest BCUT2D eigenvalue weighted by atomic mass is 35.5. The number of halogens is 1. The molecule has 0 saturated heterocycles. The number of benzene rings is 1. The number of carboxylic acids is 1. The molecule has 1 saturated carbocycles. The summed E-state index contributed by atoms with van der Waals surface area (Å²) < 4.78 is 0. The zero-order valence-electron chi connectivity index (χ0n) is 10.8. The minimum absolute atomic E-state index is 0.501. The second kappa shape index (κ2) is 5.93. The smallest absolute Gasteiger partial charge is 0.313 e. The van der Waals surface area contributed by atoms with E-state index in [1.54, 1.807) is 24.3 Å². The van der Waals surface area contributed by atoms with E-state index in [1.807, 2.05) is 0 Å². The van der Waals surface area contributed by atoms with Crippen LogP contribution in [0, 0.1) is 0 Å². The van der Waals surface area contributed by atoms with E-state index in [2.05, 4.69) is 0 Å². The maximum Gasteiger partial charge on any atom is 0.313 e. The second-order valence-electron chi connectivity index (χ2n) is 5.34. The van der Waals surface area contributed by atoms with E-state index in [-0.39, 0.29) is 0 Å². The van der Waals surface area contributed by atoms with Gasteiger partial charge < -0.3 is 10.2 Å². The van der Waals surface area contributed by atoms with E-state index in [9.17, 15) is 15.0 Å². The molecule has 19 heavy (non-hydrogen) atoms. The molecule has 3 nitrogen and oxygen atoms in total. The van der Waals surface area contributed by atoms with Gasteiger partial charge in [-0.2, -0.15) is 0 Å². The van der Waals surface area contributed by atoms with Crippen molar-refractivity contribution >= 4 is 17.6 Å². The molecule has 0 unspecified atom stereocenters. The molecule has 0 radical (unpaired) electrons. The Hall–Kier alpha value is -1.06. The summed E-state index contributed by atoms with van der Waals surface area (Å²) in [5, 5.41) is 20.8. The fraction of sp³-hybridized carbons (Fsp3) is 0.533. The van der Waals surface area contributed by atoms with Gasteiger partial charge in [-0.1, -0.05) is 49.4 Å². The molecule has 0 aromatic heterocycles. The van der Waals surface area contributed by atoms with Gasteiger partial charge >= 0.3 is 5.97 Å². The monoisotopic (exact) mass is 282 g/mol. The Bertz CT molecular complexity index is 450. The Kier molecular flexibility index (Phi) is 4.48. The average Bonchev–Trinajstić information content (AvgIpc) is 2.54. The fourth-order valence-corrected chi connectivity index (χ4v) is 3.20. The lowest BCUT2D eigenvalue weighted by Crippen LogP contribution is -2.40. The van der Waals surface area contributed by atoms with E-state index in [0.717, 1.165) is 25.7 Å². The number of rotatable bonds is 3. The van der Waals surface area contributed by atoms with Crippen molar-refractivity contribution in [2.24, 2.45) is 0 Å². The SMILES string of the molecule is O=C(O)[C@@H](c1cccc(Cl)c1)C1(O)CCCCCC1. The van der Waals surface area contributed by atoms with Crippen LogP contribution in [0.2, 0.25) is 5.02 Å². The van der Waals surface area contributed by atoms with E-state index in [4.69, 9.17) is 11.6 Å². The van der Waals surface area contributed by atoms with Gasteiger partial charge in [0.05, 0.1) is 5.60 Å².